The summed E-state index contributed by atoms with van der Waals surface area (Å²) >= 11 is 1.65. The highest BCUT2D eigenvalue weighted by Crippen LogP contribution is 2.25. The van der Waals surface area contributed by atoms with Crippen LogP contribution in [0, 0.1) is 6.92 Å². The number of nitrogens with zero attached hydrogens (tertiary/aromatic N) is 1. The predicted molar refractivity (Wildman–Crippen MR) is 63.1 cm³/mol. The molecule has 0 aliphatic carbocycles. The lowest BCUT2D eigenvalue weighted by Gasteiger charge is -1.96. The van der Waals surface area contributed by atoms with Crippen molar-refractivity contribution in [1.82, 2.24) is 4.98 Å². The van der Waals surface area contributed by atoms with Gasteiger partial charge >= 0.3 is 0 Å². The highest BCUT2D eigenvalue weighted by molar-refractivity contribution is 7.15. The number of hydrogen-bond donors (Lipinski definition) is 1. The summed E-state index contributed by atoms with van der Waals surface area (Å²) in [5.41, 5.74) is 2.40. The van der Waals surface area contributed by atoms with Crippen LogP contribution in [0.25, 0.3) is 10.6 Å². The van der Waals surface area contributed by atoms with Crippen LogP contribution in [0.5, 0.6) is 0 Å². The topological polar surface area (TPSA) is 33.1 Å². The van der Waals surface area contributed by atoms with Gasteiger partial charge in [0.1, 0.15) is 5.01 Å². The fourth-order valence-electron chi connectivity index (χ4n) is 1.36. The zero-order chi connectivity index (χ0) is 10.7. The van der Waals surface area contributed by atoms with Gasteiger partial charge in [0.05, 0.1) is 0 Å². The monoisotopic (exact) mass is 219 g/mol. The molecule has 0 atom stereocenters. The first-order valence-corrected chi connectivity index (χ1v) is 5.74. The quantitative estimate of drug-likeness (QED) is 0.861. The Labute approximate surface area is 93.2 Å². The summed E-state index contributed by atoms with van der Waals surface area (Å²) in [6, 6.07) is 8.33. The number of aromatic nitrogens is 1. The van der Waals surface area contributed by atoms with Gasteiger partial charge in [0, 0.05) is 29.7 Å². The van der Waals surface area contributed by atoms with Crippen LogP contribution in [0.1, 0.15) is 10.4 Å². The average Bonchev–Trinajstić information content (AvgIpc) is 2.68. The maximum atomic E-state index is 8.81. The summed E-state index contributed by atoms with van der Waals surface area (Å²) in [4.78, 5) is 5.47. The fourth-order valence-corrected chi connectivity index (χ4v) is 2.27. The van der Waals surface area contributed by atoms with Gasteiger partial charge in [-0.15, -0.1) is 11.3 Å². The highest BCUT2D eigenvalue weighted by Gasteiger charge is 2.03. The second kappa shape index (κ2) is 4.55. The van der Waals surface area contributed by atoms with Crippen molar-refractivity contribution >= 4 is 11.3 Å². The molecule has 0 aliphatic heterocycles. The van der Waals surface area contributed by atoms with E-state index in [1.165, 1.54) is 5.56 Å². The maximum Gasteiger partial charge on any atom is 0.123 e. The Morgan fingerprint density at radius 3 is 2.67 bits per heavy atom. The van der Waals surface area contributed by atoms with Gasteiger partial charge in [-0.05, 0) is 6.92 Å². The second-order valence-electron chi connectivity index (χ2n) is 3.47. The molecule has 0 amide bonds. The van der Waals surface area contributed by atoms with Crippen molar-refractivity contribution in [3.8, 4) is 10.6 Å². The summed E-state index contributed by atoms with van der Waals surface area (Å²) in [6.07, 6.45) is 2.54. The molecule has 2 rings (SSSR count). The van der Waals surface area contributed by atoms with E-state index in [4.69, 9.17) is 5.11 Å². The summed E-state index contributed by atoms with van der Waals surface area (Å²) in [7, 11) is 0. The van der Waals surface area contributed by atoms with Crippen molar-refractivity contribution in [2.45, 2.75) is 13.3 Å². The van der Waals surface area contributed by atoms with Crippen molar-refractivity contribution in [1.29, 1.82) is 0 Å². The Morgan fingerprint density at radius 2 is 2.00 bits per heavy atom. The van der Waals surface area contributed by atoms with E-state index in [0.29, 0.717) is 6.42 Å². The van der Waals surface area contributed by atoms with E-state index in [-0.39, 0.29) is 6.61 Å². The van der Waals surface area contributed by atoms with E-state index in [2.05, 4.69) is 36.2 Å². The minimum atomic E-state index is 0.190. The molecule has 15 heavy (non-hydrogen) atoms. The molecule has 0 saturated carbocycles. The molecule has 78 valence electrons. The summed E-state index contributed by atoms with van der Waals surface area (Å²) in [6.45, 7) is 2.26. The van der Waals surface area contributed by atoms with Crippen LogP contribution in [0.2, 0.25) is 0 Å². The third kappa shape index (κ3) is 2.43. The van der Waals surface area contributed by atoms with Crippen molar-refractivity contribution in [3.63, 3.8) is 0 Å². The molecule has 0 radical (unpaired) electrons. The van der Waals surface area contributed by atoms with Crippen molar-refractivity contribution in [2.24, 2.45) is 0 Å². The molecule has 1 aromatic carbocycles. The Hall–Kier alpha value is -1.19. The lowest BCUT2D eigenvalue weighted by molar-refractivity contribution is 0.300. The molecular formula is C12H13NOS. The number of hydrogen-bond acceptors (Lipinski definition) is 3. The van der Waals surface area contributed by atoms with Crippen molar-refractivity contribution in [3.05, 3.63) is 40.9 Å². The Balaban J connectivity index is 2.25. The van der Waals surface area contributed by atoms with Gasteiger partial charge in [-0.2, -0.15) is 0 Å². The van der Waals surface area contributed by atoms with Gasteiger partial charge in [0.15, 0.2) is 0 Å². The third-order valence-corrected chi connectivity index (χ3v) is 3.32. The Bertz CT molecular complexity index is 433. The largest absolute Gasteiger partial charge is 0.396 e. The molecule has 2 nitrogen and oxygen atoms in total. The number of aliphatic hydroxyl groups excluding tert-OH is 1. The molecule has 2 aromatic rings. The van der Waals surface area contributed by atoms with Crippen LogP contribution in [-0.2, 0) is 6.42 Å². The zero-order valence-electron chi connectivity index (χ0n) is 8.60. The van der Waals surface area contributed by atoms with E-state index in [9.17, 15) is 0 Å². The Morgan fingerprint density at radius 1 is 1.27 bits per heavy atom. The van der Waals surface area contributed by atoms with E-state index in [1.54, 1.807) is 11.3 Å². The molecule has 1 aromatic heterocycles. The standard InChI is InChI=1S/C12H13NOS/c1-9-2-4-10(5-3-9)12-13-8-11(15-12)6-7-14/h2-5,8,14H,6-7H2,1H3. The number of benzene rings is 1. The molecule has 1 heterocycles. The lowest BCUT2D eigenvalue weighted by Crippen LogP contribution is -1.84. The van der Waals surface area contributed by atoms with Gasteiger partial charge in [0.25, 0.3) is 0 Å². The molecule has 0 saturated heterocycles. The van der Waals surface area contributed by atoms with Crippen LogP contribution in [0.3, 0.4) is 0 Å². The minimum absolute atomic E-state index is 0.190. The Kier molecular flexibility index (Phi) is 3.14. The van der Waals surface area contributed by atoms with E-state index < -0.39 is 0 Å². The van der Waals surface area contributed by atoms with Gasteiger partial charge in [0.2, 0.25) is 0 Å². The minimum Gasteiger partial charge on any atom is -0.396 e. The molecule has 0 aliphatic rings. The van der Waals surface area contributed by atoms with Crippen LogP contribution in [0.4, 0.5) is 0 Å². The van der Waals surface area contributed by atoms with Crippen LogP contribution < -0.4 is 0 Å². The molecular weight excluding hydrogens is 206 g/mol. The van der Waals surface area contributed by atoms with Crippen molar-refractivity contribution in [2.75, 3.05) is 6.61 Å². The number of aryl methyl sites for hydroxylation is 1. The lowest BCUT2D eigenvalue weighted by atomic mass is 10.2. The third-order valence-electron chi connectivity index (χ3n) is 2.21. The highest BCUT2D eigenvalue weighted by atomic mass is 32.1. The molecule has 0 unspecified atom stereocenters. The fraction of sp³-hybridized carbons (Fsp3) is 0.250. The van der Waals surface area contributed by atoms with Gasteiger partial charge in [-0.1, -0.05) is 29.8 Å². The maximum absolute atomic E-state index is 8.81. The number of rotatable bonds is 3. The SMILES string of the molecule is Cc1ccc(-c2ncc(CCO)s2)cc1. The summed E-state index contributed by atoms with van der Waals surface area (Å²) in [5.74, 6) is 0. The normalized spacial score (nSPS) is 10.5. The first-order chi connectivity index (χ1) is 7.29. The van der Waals surface area contributed by atoms with E-state index in [0.717, 1.165) is 15.4 Å². The van der Waals surface area contributed by atoms with Crippen LogP contribution in [0.15, 0.2) is 30.5 Å². The molecule has 0 bridgehead atoms. The molecule has 0 fully saturated rings. The first-order valence-electron chi connectivity index (χ1n) is 4.92. The average molecular weight is 219 g/mol. The molecule has 0 spiro atoms. The van der Waals surface area contributed by atoms with Gasteiger partial charge < -0.3 is 5.11 Å². The summed E-state index contributed by atoms with van der Waals surface area (Å²) in [5, 5.41) is 9.84. The first kappa shape index (κ1) is 10.3. The summed E-state index contributed by atoms with van der Waals surface area (Å²) < 4.78 is 0. The van der Waals surface area contributed by atoms with E-state index >= 15 is 0 Å². The smallest absolute Gasteiger partial charge is 0.123 e. The zero-order valence-corrected chi connectivity index (χ0v) is 9.42. The molecule has 3 heteroatoms. The van der Waals surface area contributed by atoms with Gasteiger partial charge in [-0.3, -0.25) is 0 Å². The number of aliphatic hydroxyl groups is 1. The second-order valence-corrected chi connectivity index (χ2v) is 4.59. The molecule has 1 N–H and O–H groups in total. The van der Waals surface area contributed by atoms with Crippen LogP contribution >= 0.6 is 11.3 Å². The van der Waals surface area contributed by atoms with E-state index in [1.807, 2.05) is 6.20 Å². The number of thiazole rings is 1. The van der Waals surface area contributed by atoms with Crippen molar-refractivity contribution < 1.29 is 5.11 Å². The predicted octanol–water partition coefficient (Wildman–Crippen LogP) is 2.65. The van der Waals surface area contributed by atoms with Gasteiger partial charge in [-0.25, -0.2) is 4.98 Å². The van der Waals surface area contributed by atoms with Crippen LogP contribution in [-0.4, -0.2) is 16.7 Å².